The second-order valence-corrected chi connectivity index (χ2v) is 20.6. The molecular formula is C55H76N10O12. The maximum Gasteiger partial charge on any atom is 0.251 e. The number of hydrogen-bond acceptors (Lipinski definition) is 15. The zero-order chi connectivity index (χ0) is 55.3. The Kier molecular flexibility index (Phi) is 20.1. The van der Waals surface area contributed by atoms with Gasteiger partial charge in [0.25, 0.3) is 5.91 Å². The molecule has 7 unspecified atom stereocenters. The van der Waals surface area contributed by atoms with E-state index in [0.717, 1.165) is 67.5 Å². The molecule has 4 aliphatic rings. The van der Waals surface area contributed by atoms with E-state index >= 15 is 0 Å². The molecule has 77 heavy (non-hydrogen) atoms. The molecule has 22 nitrogen and oxygen atoms in total. The highest BCUT2D eigenvalue weighted by Gasteiger charge is 2.46. The van der Waals surface area contributed by atoms with Gasteiger partial charge in [0.05, 0.1) is 24.9 Å². The van der Waals surface area contributed by atoms with Crippen molar-refractivity contribution in [2.24, 2.45) is 5.73 Å². The molecule has 0 saturated carbocycles. The minimum Gasteiger partial charge on any atom is -0.508 e. The fourth-order valence-corrected chi connectivity index (χ4v) is 10.3. The number of carbonyl (C=O) groups is 7. The number of ether oxygens (including phenoxy) is 1. The van der Waals surface area contributed by atoms with E-state index in [1.807, 2.05) is 24.3 Å². The van der Waals surface area contributed by atoms with Gasteiger partial charge in [-0.1, -0.05) is 31.9 Å². The van der Waals surface area contributed by atoms with E-state index in [1.165, 1.54) is 30.9 Å². The molecule has 10 atom stereocenters. The van der Waals surface area contributed by atoms with Gasteiger partial charge in [0.2, 0.25) is 35.4 Å². The summed E-state index contributed by atoms with van der Waals surface area (Å²) in [7, 11) is 0. The topological polar surface area (TPSA) is 309 Å². The van der Waals surface area contributed by atoms with E-state index in [4.69, 9.17) is 10.5 Å². The normalized spacial score (nSPS) is 26.1. The third kappa shape index (κ3) is 15.1. The van der Waals surface area contributed by atoms with Crippen molar-refractivity contribution >= 4 is 52.7 Å². The van der Waals surface area contributed by atoms with Gasteiger partial charge in [0.15, 0.2) is 0 Å². The van der Waals surface area contributed by atoms with Crippen molar-refractivity contribution in [3.05, 3.63) is 83.9 Å². The van der Waals surface area contributed by atoms with Gasteiger partial charge in [0, 0.05) is 75.2 Å². The maximum atomic E-state index is 14.4. The number of aryl methyl sites for hydroxylation is 1. The first-order chi connectivity index (χ1) is 36.9. The Labute approximate surface area is 449 Å². The number of nitrogens with one attached hydrogen (secondary N) is 5. The number of anilines is 2. The van der Waals surface area contributed by atoms with E-state index in [-0.39, 0.29) is 69.5 Å². The summed E-state index contributed by atoms with van der Waals surface area (Å²) in [5.41, 5.74) is 9.21. The number of piperazine rings is 1. The lowest BCUT2D eigenvalue weighted by atomic mass is 10.0. The highest BCUT2D eigenvalue weighted by Crippen LogP contribution is 2.26. The lowest BCUT2D eigenvalue weighted by molar-refractivity contribution is -0.145. The number of amides is 7. The lowest BCUT2D eigenvalue weighted by Crippen LogP contribution is -2.61. The summed E-state index contributed by atoms with van der Waals surface area (Å²) >= 11 is 0. The van der Waals surface area contributed by atoms with Crippen LogP contribution in [0.15, 0.2) is 72.8 Å². The number of carbonyl (C=O) groups excluding carboxylic acids is 7. The van der Waals surface area contributed by atoms with Crippen LogP contribution in [0, 0.1) is 0 Å². The van der Waals surface area contributed by atoms with Crippen molar-refractivity contribution in [2.75, 3.05) is 62.2 Å². The number of aliphatic hydroxyl groups excluding tert-OH is 3. The SMILES string of the molecule is CCCCCOc1ccc(N2CCN(c3ccc(C(=O)N[C@H]4CCCNC(=O)C5C[C@H](N)CN5C(=O)C(C(C)O)NC(=O)C(CCc5ccc(O)cc5)NC(=O)C5C[C@@H](O)CN5C(=O)C(C(C)O)NC4=O)cc3)CC2)cc1. The molecule has 3 aromatic rings. The largest absolute Gasteiger partial charge is 0.508 e. The van der Waals surface area contributed by atoms with Crippen LogP contribution in [0.2, 0.25) is 0 Å². The maximum absolute atomic E-state index is 14.4. The quantitative estimate of drug-likeness (QED) is 0.0954. The van der Waals surface area contributed by atoms with Gasteiger partial charge in [-0.05, 0) is 119 Å². The van der Waals surface area contributed by atoms with Crippen LogP contribution in [0.5, 0.6) is 11.5 Å². The minimum absolute atomic E-state index is 0.00539. The first-order valence-electron chi connectivity index (χ1n) is 26.9. The highest BCUT2D eigenvalue weighted by molar-refractivity contribution is 6.00. The summed E-state index contributed by atoms with van der Waals surface area (Å²) in [6.07, 6.45) is -1.03. The number of phenolic OH excluding ortho intramolecular Hbond substituents is 1. The smallest absolute Gasteiger partial charge is 0.251 e. The zero-order valence-electron chi connectivity index (χ0n) is 44.1. The van der Waals surface area contributed by atoms with Crippen LogP contribution in [0.1, 0.15) is 88.1 Å². The lowest BCUT2D eigenvalue weighted by Gasteiger charge is -2.37. The predicted octanol–water partition coefficient (Wildman–Crippen LogP) is 0.0350. The molecule has 0 aliphatic carbocycles. The van der Waals surface area contributed by atoms with Crippen LogP contribution in [0.4, 0.5) is 11.4 Å². The molecule has 7 amide bonds. The Bertz CT molecular complexity index is 2510. The third-order valence-electron chi connectivity index (χ3n) is 14.8. The first-order valence-corrected chi connectivity index (χ1v) is 26.9. The molecule has 22 heteroatoms. The van der Waals surface area contributed by atoms with Gasteiger partial charge in [-0.2, -0.15) is 0 Å². The summed E-state index contributed by atoms with van der Waals surface area (Å²) in [5, 5.41) is 56.1. The van der Waals surface area contributed by atoms with E-state index in [0.29, 0.717) is 12.2 Å². The van der Waals surface area contributed by atoms with Crippen LogP contribution in [0.25, 0.3) is 0 Å². The van der Waals surface area contributed by atoms with Crippen molar-refractivity contribution in [3.63, 3.8) is 0 Å². The zero-order valence-corrected chi connectivity index (χ0v) is 44.1. The molecular weight excluding hydrogens is 993 g/mol. The van der Waals surface area contributed by atoms with Crippen molar-refractivity contribution in [1.29, 1.82) is 0 Å². The van der Waals surface area contributed by atoms with Crippen molar-refractivity contribution in [1.82, 2.24) is 36.4 Å². The van der Waals surface area contributed by atoms with Crippen LogP contribution in [0.3, 0.4) is 0 Å². The monoisotopic (exact) mass is 1070 g/mol. The average Bonchev–Trinajstić information content (AvgIpc) is 4.06. The molecule has 4 aliphatic heterocycles. The fraction of sp³-hybridized carbons (Fsp3) is 0.545. The van der Waals surface area contributed by atoms with E-state index < -0.39 is 102 Å². The van der Waals surface area contributed by atoms with Gasteiger partial charge in [0.1, 0.15) is 47.8 Å². The van der Waals surface area contributed by atoms with Gasteiger partial charge in [-0.15, -0.1) is 0 Å². The molecule has 0 bridgehead atoms. The Hall–Kier alpha value is -7.01. The molecule has 3 aromatic carbocycles. The fourth-order valence-electron chi connectivity index (χ4n) is 10.3. The molecule has 0 spiro atoms. The van der Waals surface area contributed by atoms with Crippen molar-refractivity contribution in [2.45, 2.75) is 139 Å². The summed E-state index contributed by atoms with van der Waals surface area (Å²) < 4.78 is 5.88. The Morgan fingerprint density at radius 2 is 1.30 bits per heavy atom. The van der Waals surface area contributed by atoms with Crippen LogP contribution >= 0.6 is 0 Å². The number of fused-ring (bicyclic) bond motifs is 2. The van der Waals surface area contributed by atoms with Crippen LogP contribution in [-0.2, 0) is 35.2 Å². The Morgan fingerprint density at radius 3 is 1.90 bits per heavy atom. The second-order valence-electron chi connectivity index (χ2n) is 20.6. The number of benzene rings is 3. The molecule has 4 saturated heterocycles. The van der Waals surface area contributed by atoms with Gasteiger partial charge < -0.3 is 77.1 Å². The summed E-state index contributed by atoms with van der Waals surface area (Å²) in [4.78, 5) is 106. The second kappa shape index (κ2) is 26.8. The number of rotatable bonds is 14. The number of aromatic hydroxyl groups is 1. The number of aliphatic hydroxyl groups is 3. The van der Waals surface area contributed by atoms with E-state index in [9.17, 15) is 54.0 Å². The molecule has 4 heterocycles. The summed E-state index contributed by atoms with van der Waals surface area (Å²) in [6.45, 7) is 7.93. The average molecular weight is 1070 g/mol. The minimum atomic E-state index is -1.67. The van der Waals surface area contributed by atoms with E-state index in [2.05, 4.69) is 55.4 Å². The third-order valence-corrected chi connectivity index (χ3v) is 14.8. The van der Waals surface area contributed by atoms with E-state index in [1.54, 1.807) is 24.3 Å². The van der Waals surface area contributed by atoms with Gasteiger partial charge in [-0.25, -0.2) is 0 Å². The molecule has 0 aromatic heterocycles. The summed E-state index contributed by atoms with van der Waals surface area (Å²) in [5.74, 6) is -4.66. The van der Waals surface area contributed by atoms with Crippen LogP contribution in [-0.4, -0.2) is 185 Å². The molecule has 11 N–H and O–H groups in total. The summed E-state index contributed by atoms with van der Waals surface area (Å²) in [6, 6.07) is 12.1. The number of nitrogens with two attached hydrogens (primary N) is 1. The molecule has 0 radical (unpaired) electrons. The molecule has 418 valence electrons. The number of nitrogens with zero attached hydrogens (tertiary/aromatic N) is 4. The number of hydrogen-bond donors (Lipinski definition) is 10. The Balaban J connectivity index is 1.08. The van der Waals surface area contributed by atoms with Crippen molar-refractivity contribution in [3.8, 4) is 11.5 Å². The number of phenols is 1. The first kappa shape index (κ1) is 57.7. The van der Waals surface area contributed by atoms with Gasteiger partial charge >= 0.3 is 0 Å². The van der Waals surface area contributed by atoms with Crippen LogP contribution < -0.4 is 46.9 Å². The predicted molar refractivity (Wildman–Crippen MR) is 286 cm³/mol. The van der Waals surface area contributed by atoms with Crippen molar-refractivity contribution < 1.29 is 58.7 Å². The Morgan fingerprint density at radius 1 is 0.727 bits per heavy atom. The highest BCUT2D eigenvalue weighted by atomic mass is 16.5. The molecule has 4 fully saturated rings. The number of unbranched alkanes of at least 4 members (excludes halogenated alkanes) is 2. The van der Waals surface area contributed by atoms with Gasteiger partial charge in [-0.3, -0.25) is 33.6 Å². The standard InChI is InChI=1S/C55H76N10O12/c1-4-5-6-28-77-42-20-16-39(17-21-42)63-26-24-62(25-27-63)38-14-12-36(13-15-38)49(70)58-43-8-7-23-57-52(73)45-29-37(56)31-64(45)54(75)47(33(2)66)61-51(72)44(22-11-35-9-18-40(68)19-10-35)59-53(74)46-30-41(69)32-65(46)55(76)48(34(3)67)60-50(43)71/h9-10,12-21,33-34,37,41,43-48,66-69H,4-8,11,22-32,56H2,1-3H3,(H,57,73)(H,58,70)(H,59,74)(H,60,71)(H,61,72)/t33?,34?,37-,41+,43-,44?,45?,46?,47?,48?/m0/s1. The molecule has 7 rings (SSSR count).